The van der Waals surface area contributed by atoms with Gasteiger partial charge in [0.15, 0.2) is 5.78 Å². The molecule has 0 bridgehead atoms. The van der Waals surface area contributed by atoms with Gasteiger partial charge < -0.3 is 10.8 Å². The van der Waals surface area contributed by atoms with Crippen molar-refractivity contribution in [2.24, 2.45) is 5.73 Å². The van der Waals surface area contributed by atoms with Crippen molar-refractivity contribution in [2.75, 3.05) is 0 Å². The van der Waals surface area contributed by atoms with E-state index in [0.29, 0.717) is 5.56 Å². The van der Waals surface area contributed by atoms with Crippen molar-refractivity contribution in [2.45, 2.75) is 19.4 Å². The highest BCUT2D eigenvalue weighted by Crippen LogP contribution is 2.22. The zero-order valence-electron chi connectivity index (χ0n) is 12.2. The predicted molar refractivity (Wildman–Crippen MR) is 78.0 cm³/mol. The molecule has 1 heterocycles. The number of hydrogen-bond acceptors (Lipinski definition) is 4. The lowest BCUT2D eigenvalue weighted by molar-refractivity contribution is -0.118. The van der Waals surface area contributed by atoms with Crippen LogP contribution in [0.4, 0.5) is 8.78 Å². The monoisotopic (exact) mass is 320 g/mol. The number of carboxylic acids is 1. The highest BCUT2D eigenvalue weighted by atomic mass is 19.1. The van der Waals surface area contributed by atoms with Crippen LogP contribution < -0.4 is 5.73 Å². The van der Waals surface area contributed by atoms with Gasteiger partial charge in [-0.25, -0.2) is 13.6 Å². The van der Waals surface area contributed by atoms with E-state index in [1.54, 1.807) is 0 Å². The number of nitrogens with two attached hydrogens (primary N) is 1. The summed E-state index contributed by atoms with van der Waals surface area (Å²) in [4.78, 5) is 25.9. The number of Topliss-reactive ketones (excluding diaryl/α,β-unsaturated/α-hetero) is 1. The molecule has 1 unspecified atom stereocenters. The maximum Gasteiger partial charge on any atom is 0.337 e. The normalized spacial score (nSPS) is 12.0. The molecule has 3 N–H and O–H groups in total. The minimum absolute atomic E-state index is 0.0198. The first-order valence-corrected chi connectivity index (χ1v) is 6.70. The Hall–Kier alpha value is -2.67. The molecule has 23 heavy (non-hydrogen) atoms. The quantitative estimate of drug-likeness (QED) is 0.881. The van der Waals surface area contributed by atoms with Gasteiger partial charge in [-0.1, -0.05) is 0 Å². The molecule has 2 rings (SSSR count). The van der Waals surface area contributed by atoms with Crippen LogP contribution in [-0.2, 0) is 11.2 Å². The maximum atomic E-state index is 14.1. The van der Waals surface area contributed by atoms with E-state index in [9.17, 15) is 18.4 Å². The highest BCUT2D eigenvalue weighted by Gasteiger charge is 2.19. The number of nitrogens with zero attached hydrogens (tertiary/aromatic N) is 1. The lowest BCUT2D eigenvalue weighted by Gasteiger charge is -2.12. The number of carbonyl (C=O) groups is 2. The van der Waals surface area contributed by atoms with Crippen LogP contribution in [0.1, 0.15) is 40.0 Å². The molecule has 0 spiro atoms. The van der Waals surface area contributed by atoms with E-state index < -0.39 is 29.4 Å². The van der Waals surface area contributed by atoms with Crippen LogP contribution in [0.2, 0.25) is 0 Å². The molecular weight excluding hydrogens is 306 g/mol. The largest absolute Gasteiger partial charge is 0.478 e. The van der Waals surface area contributed by atoms with Crippen molar-refractivity contribution in [1.29, 1.82) is 0 Å². The lowest BCUT2D eigenvalue weighted by Crippen LogP contribution is -2.20. The summed E-state index contributed by atoms with van der Waals surface area (Å²) >= 11 is 0. The molecule has 0 aliphatic carbocycles. The van der Waals surface area contributed by atoms with E-state index in [1.165, 1.54) is 19.2 Å². The SMILES string of the molecule is CC(=O)C(N)c1cc(F)c(Cc2cncc(C(=O)O)c2)cc1F. The average molecular weight is 320 g/mol. The Kier molecular flexibility index (Phi) is 4.80. The molecule has 1 aromatic carbocycles. The minimum Gasteiger partial charge on any atom is -0.478 e. The molecule has 0 saturated heterocycles. The number of benzene rings is 1. The van der Waals surface area contributed by atoms with E-state index in [0.717, 1.165) is 18.3 Å². The Balaban J connectivity index is 2.34. The molecule has 120 valence electrons. The topological polar surface area (TPSA) is 93.3 Å². The average Bonchev–Trinajstić information content (AvgIpc) is 2.50. The molecular formula is C16H14F2N2O3. The van der Waals surface area contributed by atoms with E-state index in [2.05, 4.69) is 4.98 Å². The molecule has 0 fully saturated rings. The van der Waals surface area contributed by atoms with Crippen LogP contribution in [0.25, 0.3) is 0 Å². The Labute approximate surface area is 130 Å². The summed E-state index contributed by atoms with van der Waals surface area (Å²) in [5.74, 6) is -3.14. The number of carbonyl (C=O) groups excluding carboxylic acids is 1. The summed E-state index contributed by atoms with van der Waals surface area (Å²) in [6.45, 7) is 1.19. The highest BCUT2D eigenvalue weighted by molar-refractivity contribution is 5.87. The van der Waals surface area contributed by atoms with Gasteiger partial charge in [0, 0.05) is 24.4 Å². The fourth-order valence-corrected chi connectivity index (χ4v) is 2.12. The van der Waals surface area contributed by atoms with Crippen molar-refractivity contribution in [3.05, 3.63) is 64.5 Å². The Morgan fingerprint density at radius 1 is 1.22 bits per heavy atom. The Morgan fingerprint density at radius 3 is 2.52 bits per heavy atom. The third-order valence-corrected chi connectivity index (χ3v) is 3.38. The smallest absolute Gasteiger partial charge is 0.337 e. The maximum absolute atomic E-state index is 14.1. The summed E-state index contributed by atoms with van der Waals surface area (Å²) in [7, 11) is 0. The Bertz CT molecular complexity index is 778. The van der Waals surface area contributed by atoms with Gasteiger partial charge in [0.2, 0.25) is 0 Å². The molecule has 0 amide bonds. The number of carboxylic acid groups (broad SMARTS) is 1. The van der Waals surface area contributed by atoms with Crippen molar-refractivity contribution in [1.82, 2.24) is 4.98 Å². The van der Waals surface area contributed by atoms with Gasteiger partial charge >= 0.3 is 5.97 Å². The number of rotatable bonds is 5. The molecule has 1 atom stereocenters. The molecule has 2 aromatic rings. The van der Waals surface area contributed by atoms with Gasteiger partial charge in [-0.3, -0.25) is 9.78 Å². The van der Waals surface area contributed by atoms with Crippen LogP contribution in [0, 0.1) is 11.6 Å². The van der Waals surface area contributed by atoms with Crippen molar-refractivity contribution in [3.8, 4) is 0 Å². The number of halogens is 2. The number of pyridine rings is 1. The van der Waals surface area contributed by atoms with Gasteiger partial charge in [0.25, 0.3) is 0 Å². The molecule has 0 radical (unpaired) electrons. The van der Waals surface area contributed by atoms with Gasteiger partial charge in [0.05, 0.1) is 11.6 Å². The Morgan fingerprint density at radius 2 is 1.91 bits per heavy atom. The van der Waals surface area contributed by atoms with Gasteiger partial charge in [0.1, 0.15) is 11.6 Å². The summed E-state index contributed by atoms with van der Waals surface area (Å²) in [6.07, 6.45) is 2.50. The second-order valence-electron chi connectivity index (χ2n) is 5.12. The third kappa shape index (κ3) is 3.75. The van der Waals surface area contributed by atoms with Crippen LogP contribution in [0.3, 0.4) is 0 Å². The molecule has 0 aliphatic heterocycles. The number of aromatic nitrogens is 1. The summed E-state index contributed by atoms with van der Waals surface area (Å²) in [5, 5.41) is 8.90. The molecule has 0 aliphatic rings. The van der Waals surface area contributed by atoms with E-state index in [4.69, 9.17) is 10.8 Å². The first-order valence-electron chi connectivity index (χ1n) is 6.70. The fraction of sp³-hybridized carbons (Fsp3) is 0.188. The molecule has 1 aromatic heterocycles. The molecule has 5 nitrogen and oxygen atoms in total. The number of ketones is 1. The lowest BCUT2D eigenvalue weighted by atomic mass is 9.98. The number of hydrogen-bond donors (Lipinski definition) is 2. The summed E-state index contributed by atoms with van der Waals surface area (Å²) in [6, 6.07) is 1.96. The molecule has 7 heteroatoms. The van der Waals surface area contributed by atoms with Crippen molar-refractivity contribution < 1.29 is 23.5 Å². The van der Waals surface area contributed by atoms with Gasteiger partial charge in [-0.15, -0.1) is 0 Å². The standard InChI is InChI=1S/C16H14F2N2O3/c1-8(21)15(19)12-5-13(17)10(4-14(12)18)2-9-3-11(16(22)23)7-20-6-9/h3-7,15H,2,19H2,1H3,(H,22,23). The van der Waals surface area contributed by atoms with Crippen LogP contribution in [-0.4, -0.2) is 21.8 Å². The zero-order valence-corrected chi connectivity index (χ0v) is 12.2. The number of aromatic carboxylic acids is 1. The second kappa shape index (κ2) is 6.62. The van der Waals surface area contributed by atoms with Crippen molar-refractivity contribution in [3.63, 3.8) is 0 Å². The van der Waals surface area contributed by atoms with Gasteiger partial charge in [-0.05, 0) is 36.2 Å². The van der Waals surface area contributed by atoms with E-state index in [-0.39, 0.29) is 23.1 Å². The zero-order chi connectivity index (χ0) is 17.1. The minimum atomic E-state index is -1.23. The van der Waals surface area contributed by atoms with Crippen LogP contribution >= 0.6 is 0 Å². The first kappa shape index (κ1) is 16.7. The van der Waals surface area contributed by atoms with Gasteiger partial charge in [-0.2, -0.15) is 0 Å². The van der Waals surface area contributed by atoms with E-state index >= 15 is 0 Å². The van der Waals surface area contributed by atoms with E-state index in [1.807, 2.05) is 0 Å². The van der Waals surface area contributed by atoms with Crippen molar-refractivity contribution >= 4 is 11.8 Å². The second-order valence-corrected chi connectivity index (χ2v) is 5.12. The summed E-state index contributed by atoms with van der Waals surface area (Å²) < 4.78 is 28.2. The first-order chi connectivity index (χ1) is 10.8. The van der Waals surface area contributed by atoms with Crippen LogP contribution in [0.5, 0.6) is 0 Å². The summed E-state index contributed by atoms with van der Waals surface area (Å²) in [5.41, 5.74) is 5.72. The predicted octanol–water partition coefficient (Wildman–Crippen LogP) is 2.24. The van der Waals surface area contributed by atoms with Crippen LogP contribution in [0.15, 0.2) is 30.6 Å². The third-order valence-electron chi connectivity index (χ3n) is 3.38. The fourth-order valence-electron chi connectivity index (χ4n) is 2.12. The molecule has 0 saturated carbocycles.